The van der Waals surface area contributed by atoms with Crippen LogP contribution in [-0.4, -0.2) is 16.1 Å². The number of rotatable bonds is 4. The van der Waals surface area contributed by atoms with Crippen LogP contribution in [0.5, 0.6) is 0 Å². The van der Waals surface area contributed by atoms with Gasteiger partial charge in [0.25, 0.3) is 0 Å². The number of hydrogen-bond acceptors (Lipinski definition) is 3. The first-order valence-corrected chi connectivity index (χ1v) is 8.79. The summed E-state index contributed by atoms with van der Waals surface area (Å²) in [5.74, 6) is -1.18. The van der Waals surface area contributed by atoms with Crippen molar-refractivity contribution in [2.45, 2.75) is 6.42 Å². The summed E-state index contributed by atoms with van der Waals surface area (Å²) < 4.78 is 27.9. The zero-order valence-electron chi connectivity index (χ0n) is 13.4. The lowest BCUT2D eigenvalue weighted by molar-refractivity contribution is -0.115. The van der Waals surface area contributed by atoms with E-state index in [1.807, 2.05) is 16.8 Å². The number of H-pyrrole nitrogens is 1. The molecule has 2 heterocycles. The van der Waals surface area contributed by atoms with Crippen molar-refractivity contribution < 1.29 is 13.6 Å². The lowest BCUT2D eigenvalue weighted by Crippen LogP contribution is -2.14. The first-order chi connectivity index (χ1) is 12.6. The van der Waals surface area contributed by atoms with E-state index in [9.17, 15) is 13.6 Å². The molecule has 2 N–H and O–H groups in total. The Balaban J connectivity index is 1.68. The van der Waals surface area contributed by atoms with Gasteiger partial charge in [0.05, 0.1) is 6.42 Å². The quantitative estimate of drug-likeness (QED) is 0.545. The second-order valence-corrected chi connectivity index (χ2v) is 6.60. The molecule has 2 aromatic carbocycles. The lowest BCUT2D eigenvalue weighted by Gasteiger charge is -2.06. The maximum absolute atomic E-state index is 14.4. The van der Waals surface area contributed by atoms with E-state index in [2.05, 4.69) is 15.5 Å². The van der Waals surface area contributed by atoms with E-state index < -0.39 is 11.6 Å². The molecule has 0 fully saturated rings. The number of halogens is 2. The van der Waals surface area contributed by atoms with E-state index in [1.165, 1.54) is 29.5 Å². The molecule has 0 bridgehead atoms. The maximum atomic E-state index is 14.4. The van der Waals surface area contributed by atoms with Crippen molar-refractivity contribution in [1.82, 2.24) is 10.2 Å². The van der Waals surface area contributed by atoms with Crippen LogP contribution in [0.25, 0.3) is 22.2 Å². The van der Waals surface area contributed by atoms with Gasteiger partial charge in [-0.15, -0.1) is 0 Å². The Bertz CT molecular complexity index is 1090. The molecule has 0 aliphatic carbocycles. The first kappa shape index (κ1) is 16.4. The molecule has 0 saturated heterocycles. The molecular formula is C19H13F2N3OS. The molecule has 4 nitrogen and oxygen atoms in total. The van der Waals surface area contributed by atoms with E-state index in [0.717, 1.165) is 5.56 Å². The highest BCUT2D eigenvalue weighted by Gasteiger charge is 2.15. The van der Waals surface area contributed by atoms with Crippen molar-refractivity contribution in [1.29, 1.82) is 0 Å². The highest BCUT2D eigenvalue weighted by atomic mass is 32.1. The molecule has 0 saturated carbocycles. The second-order valence-electron chi connectivity index (χ2n) is 5.82. The number of nitrogens with one attached hydrogen (secondary N) is 2. The smallest absolute Gasteiger partial charge is 0.228 e. The van der Waals surface area contributed by atoms with Gasteiger partial charge in [-0.05, 0) is 46.7 Å². The average Bonchev–Trinajstić information content (AvgIpc) is 3.24. The summed E-state index contributed by atoms with van der Waals surface area (Å²) in [6.07, 6.45) is 0.214. The number of aromatic nitrogens is 2. The number of aromatic amines is 1. The summed E-state index contributed by atoms with van der Waals surface area (Å²) in [6, 6.07) is 10.7. The van der Waals surface area contributed by atoms with Gasteiger partial charge in [-0.3, -0.25) is 9.89 Å². The van der Waals surface area contributed by atoms with Crippen LogP contribution in [0.15, 0.2) is 53.2 Å². The van der Waals surface area contributed by atoms with Crippen molar-refractivity contribution >= 4 is 33.8 Å². The van der Waals surface area contributed by atoms with Crippen molar-refractivity contribution in [3.63, 3.8) is 0 Å². The van der Waals surface area contributed by atoms with Gasteiger partial charge in [-0.25, -0.2) is 8.78 Å². The Hall–Kier alpha value is -3.06. The summed E-state index contributed by atoms with van der Waals surface area (Å²) in [4.78, 5) is 12.2. The van der Waals surface area contributed by atoms with Gasteiger partial charge in [-0.2, -0.15) is 16.4 Å². The van der Waals surface area contributed by atoms with E-state index in [-0.39, 0.29) is 17.8 Å². The molecule has 4 rings (SSSR count). The fourth-order valence-electron chi connectivity index (χ4n) is 2.79. The number of amides is 1. The molecule has 0 unspecified atom stereocenters. The van der Waals surface area contributed by atoms with Gasteiger partial charge in [0.15, 0.2) is 5.82 Å². The van der Waals surface area contributed by atoms with Gasteiger partial charge >= 0.3 is 0 Å². The Labute approximate surface area is 151 Å². The zero-order chi connectivity index (χ0) is 18.1. The third-order valence-electron chi connectivity index (χ3n) is 3.95. The number of thiophene rings is 1. The Morgan fingerprint density at radius 2 is 2.08 bits per heavy atom. The highest BCUT2D eigenvalue weighted by Crippen LogP contribution is 2.30. The van der Waals surface area contributed by atoms with Crippen LogP contribution < -0.4 is 5.32 Å². The van der Waals surface area contributed by atoms with Gasteiger partial charge < -0.3 is 5.32 Å². The number of carbonyl (C=O) groups excluding carboxylic acids is 1. The van der Waals surface area contributed by atoms with Crippen LogP contribution in [0.4, 0.5) is 14.5 Å². The molecule has 0 aliphatic heterocycles. The van der Waals surface area contributed by atoms with Crippen LogP contribution in [0.3, 0.4) is 0 Å². The van der Waals surface area contributed by atoms with Crippen LogP contribution in [0.2, 0.25) is 0 Å². The molecule has 0 atom stereocenters. The third-order valence-corrected chi connectivity index (χ3v) is 4.68. The number of fused-ring (bicyclic) bond motifs is 1. The molecular weight excluding hydrogens is 356 g/mol. The number of benzene rings is 2. The highest BCUT2D eigenvalue weighted by molar-refractivity contribution is 7.08. The van der Waals surface area contributed by atoms with Gasteiger partial charge in [-0.1, -0.05) is 12.1 Å². The Morgan fingerprint density at radius 3 is 2.85 bits per heavy atom. The van der Waals surface area contributed by atoms with Crippen LogP contribution >= 0.6 is 11.3 Å². The van der Waals surface area contributed by atoms with Gasteiger partial charge in [0.1, 0.15) is 17.0 Å². The Morgan fingerprint density at radius 1 is 1.19 bits per heavy atom. The summed E-state index contributed by atoms with van der Waals surface area (Å²) in [5.41, 5.74) is 2.39. The largest absolute Gasteiger partial charge is 0.326 e. The predicted octanol–water partition coefficient (Wildman–Crippen LogP) is 4.75. The number of anilines is 1. The van der Waals surface area contributed by atoms with E-state index >= 15 is 0 Å². The van der Waals surface area contributed by atoms with Crippen molar-refractivity contribution in [2.75, 3.05) is 5.32 Å². The topological polar surface area (TPSA) is 57.8 Å². The molecule has 0 aliphatic rings. The normalized spacial score (nSPS) is 11.0. The zero-order valence-corrected chi connectivity index (χ0v) is 14.2. The maximum Gasteiger partial charge on any atom is 0.228 e. The minimum Gasteiger partial charge on any atom is -0.326 e. The molecule has 7 heteroatoms. The van der Waals surface area contributed by atoms with Crippen molar-refractivity contribution in [3.05, 3.63) is 70.4 Å². The number of nitrogens with zero attached hydrogens (tertiary/aromatic N) is 1. The second kappa shape index (κ2) is 6.68. The summed E-state index contributed by atoms with van der Waals surface area (Å²) in [6.45, 7) is 0. The fourth-order valence-corrected chi connectivity index (χ4v) is 3.46. The van der Waals surface area contributed by atoms with E-state index in [4.69, 9.17) is 0 Å². The molecule has 130 valence electrons. The Kier molecular flexibility index (Phi) is 4.22. The van der Waals surface area contributed by atoms with E-state index in [1.54, 1.807) is 18.2 Å². The summed E-state index contributed by atoms with van der Waals surface area (Å²) in [5, 5.41) is 13.7. The van der Waals surface area contributed by atoms with Crippen molar-refractivity contribution in [2.24, 2.45) is 0 Å². The molecule has 0 spiro atoms. The summed E-state index contributed by atoms with van der Waals surface area (Å²) in [7, 11) is 0. The molecule has 4 aromatic rings. The molecule has 1 amide bonds. The molecule has 2 aromatic heterocycles. The lowest BCUT2D eigenvalue weighted by atomic mass is 10.1. The predicted molar refractivity (Wildman–Crippen MR) is 98.1 cm³/mol. The fraction of sp³-hybridized carbons (Fsp3) is 0.0526. The molecule has 0 radical (unpaired) electrons. The minimum absolute atomic E-state index is 0.208. The average molecular weight is 369 g/mol. The third kappa shape index (κ3) is 3.21. The van der Waals surface area contributed by atoms with Crippen LogP contribution in [0, 0.1) is 11.6 Å². The minimum atomic E-state index is -0.538. The summed E-state index contributed by atoms with van der Waals surface area (Å²) >= 11 is 1.51. The standard InChI is InChI=1S/C19H13F2N3OS/c20-13-3-1-2-12(7-13)18-15-8-14(9-16(21)19(15)24-23-18)22-17(25)6-11-4-5-26-10-11/h1-5,7-10H,6H2,(H,22,25)(H,23,24). The van der Waals surface area contributed by atoms with E-state index in [0.29, 0.717) is 22.3 Å². The first-order valence-electron chi connectivity index (χ1n) is 7.84. The monoisotopic (exact) mass is 369 g/mol. The van der Waals surface area contributed by atoms with Crippen molar-refractivity contribution in [3.8, 4) is 11.3 Å². The number of hydrogen-bond donors (Lipinski definition) is 2. The van der Waals surface area contributed by atoms with Gasteiger partial charge in [0.2, 0.25) is 5.91 Å². The van der Waals surface area contributed by atoms with Crippen LogP contribution in [-0.2, 0) is 11.2 Å². The number of carbonyl (C=O) groups is 1. The SMILES string of the molecule is O=C(Cc1ccsc1)Nc1cc(F)c2[nH]nc(-c3cccc(F)c3)c2c1. The van der Waals surface area contributed by atoms with Crippen LogP contribution in [0.1, 0.15) is 5.56 Å². The molecule has 26 heavy (non-hydrogen) atoms. The van der Waals surface area contributed by atoms with Gasteiger partial charge in [0, 0.05) is 16.6 Å².